The molecule has 2 aromatic rings. The van der Waals surface area contributed by atoms with E-state index in [-0.39, 0.29) is 12.5 Å². The Morgan fingerprint density at radius 3 is 2.57 bits per heavy atom. The van der Waals surface area contributed by atoms with Crippen molar-refractivity contribution in [2.45, 2.75) is 6.42 Å². The highest BCUT2D eigenvalue weighted by Gasteiger charge is 2.05. The lowest BCUT2D eigenvalue weighted by molar-refractivity contribution is -0.123. The number of carbonyl (C=O) groups excluding carboxylic acids is 2. The summed E-state index contributed by atoms with van der Waals surface area (Å²) in [5.74, 6) is -0.346. The van der Waals surface area contributed by atoms with E-state index in [2.05, 4.69) is 15.6 Å². The number of rotatable bonds is 6. The maximum absolute atomic E-state index is 11.4. The van der Waals surface area contributed by atoms with E-state index < -0.39 is 6.09 Å². The van der Waals surface area contributed by atoms with Gasteiger partial charge >= 0.3 is 6.09 Å². The van der Waals surface area contributed by atoms with E-state index in [0.29, 0.717) is 13.0 Å². The standard InChI is InChI=1S/C17H19N3O3/c1-18-16(21)12-23-17(22)19-10-9-13-7-8-15(20-11-13)14-5-3-2-4-6-14/h2-8,11H,9-10,12H2,1H3,(H,18,21)(H,19,22). The summed E-state index contributed by atoms with van der Waals surface area (Å²) in [5, 5.41) is 4.96. The van der Waals surface area contributed by atoms with E-state index in [1.165, 1.54) is 7.05 Å². The highest BCUT2D eigenvalue weighted by Crippen LogP contribution is 2.16. The number of aromatic nitrogens is 1. The number of carbonyl (C=O) groups is 2. The highest BCUT2D eigenvalue weighted by atomic mass is 16.6. The van der Waals surface area contributed by atoms with E-state index >= 15 is 0 Å². The predicted molar refractivity (Wildman–Crippen MR) is 86.8 cm³/mol. The lowest BCUT2D eigenvalue weighted by Gasteiger charge is -2.07. The molecular formula is C17H19N3O3. The first-order valence-corrected chi connectivity index (χ1v) is 7.30. The Hall–Kier alpha value is -2.89. The minimum atomic E-state index is -0.609. The van der Waals surface area contributed by atoms with Gasteiger partial charge in [0.05, 0.1) is 5.69 Å². The van der Waals surface area contributed by atoms with Crippen molar-refractivity contribution >= 4 is 12.0 Å². The number of nitrogens with one attached hydrogen (secondary N) is 2. The lowest BCUT2D eigenvalue weighted by Crippen LogP contribution is -2.31. The van der Waals surface area contributed by atoms with E-state index in [1.54, 1.807) is 6.20 Å². The Labute approximate surface area is 134 Å². The van der Waals surface area contributed by atoms with Crippen LogP contribution < -0.4 is 10.6 Å². The molecule has 0 aliphatic carbocycles. The van der Waals surface area contributed by atoms with Crippen molar-refractivity contribution < 1.29 is 14.3 Å². The fourth-order valence-electron chi connectivity index (χ4n) is 1.92. The number of pyridine rings is 1. The molecule has 0 spiro atoms. The summed E-state index contributed by atoms with van der Waals surface area (Å²) >= 11 is 0. The number of hydrogen-bond donors (Lipinski definition) is 2. The first-order chi connectivity index (χ1) is 11.2. The van der Waals surface area contributed by atoms with Gasteiger partial charge in [-0.05, 0) is 18.1 Å². The van der Waals surface area contributed by atoms with E-state index in [9.17, 15) is 9.59 Å². The smallest absolute Gasteiger partial charge is 0.407 e. The molecule has 0 fully saturated rings. The third-order valence-corrected chi connectivity index (χ3v) is 3.19. The van der Waals surface area contributed by atoms with Gasteiger partial charge in [-0.3, -0.25) is 9.78 Å². The fourth-order valence-corrected chi connectivity index (χ4v) is 1.92. The lowest BCUT2D eigenvalue weighted by atomic mass is 10.1. The van der Waals surface area contributed by atoms with Crippen LogP contribution in [0.15, 0.2) is 48.7 Å². The highest BCUT2D eigenvalue weighted by molar-refractivity contribution is 5.79. The topological polar surface area (TPSA) is 80.3 Å². The average Bonchev–Trinajstić information content (AvgIpc) is 2.61. The zero-order valence-corrected chi connectivity index (χ0v) is 12.9. The first kappa shape index (κ1) is 16.5. The van der Waals surface area contributed by atoms with E-state index in [1.807, 2.05) is 42.5 Å². The molecule has 0 saturated heterocycles. The molecule has 0 saturated carbocycles. The summed E-state index contributed by atoms with van der Waals surface area (Å²) in [4.78, 5) is 26.7. The van der Waals surface area contributed by atoms with Gasteiger partial charge in [0.25, 0.3) is 5.91 Å². The van der Waals surface area contributed by atoms with Crippen LogP contribution in [0.1, 0.15) is 5.56 Å². The summed E-state index contributed by atoms with van der Waals surface area (Å²) in [6, 6.07) is 13.9. The third-order valence-electron chi connectivity index (χ3n) is 3.19. The molecule has 1 aromatic carbocycles. The van der Waals surface area contributed by atoms with Crippen LogP contribution in [-0.2, 0) is 16.0 Å². The van der Waals surface area contributed by atoms with Crippen LogP contribution in [0, 0.1) is 0 Å². The van der Waals surface area contributed by atoms with Crippen molar-refractivity contribution in [2.75, 3.05) is 20.2 Å². The largest absolute Gasteiger partial charge is 0.439 e. The third kappa shape index (κ3) is 5.43. The molecule has 0 atom stereocenters. The maximum atomic E-state index is 11.4. The average molecular weight is 313 g/mol. The first-order valence-electron chi connectivity index (χ1n) is 7.30. The summed E-state index contributed by atoms with van der Waals surface area (Å²) in [6.07, 6.45) is 1.82. The van der Waals surface area contributed by atoms with E-state index in [4.69, 9.17) is 4.74 Å². The minimum Gasteiger partial charge on any atom is -0.439 e. The van der Waals surface area contributed by atoms with Gasteiger partial charge in [0.1, 0.15) is 0 Å². The number of amides is 2. The Balaban J connectivity index is 1.76. The van der Waals surface area contributed by atoms with Crippen LogP contribution in [0.5, 0.6) is 0 Å². The number of alkyl carbamates (subject to hydrolysis) is 1. The van der Waals surface area contributed by atoms with Crippen LogP contribution in [0.4, 0.5) is 4.79 Å². The molecule has 0 unspecified atom stereocenters. The van der Waals surface area contributed by atoms with Gasteiger partial charge in [-0.25, -0.2) is 4.79 Å². The fraction of sp³-hybridized carbons (Fsp3) is 0.235. The molecule has 6 heteroatoms. The summed E-state index contributed by atoms with van der Waals surface area (Å²) in [5.41, 5.74) is 2.98. The SMILES string of the molecule is CNC(=O)COC(=O)NCCc1ccc(-c2ccccc2)nc1. The molecule has 23 heavy (non-hydrogen) atoms. The number of benzene rings is 1. The number of likely N-dealkylation sites (N-methyl/N-ethyl adjacent to an activating group) is 1. The Kier molecular flexibility index (Phi) is 6.11. The predicted octanol–water partition coefficient (Wildman–Crippen LogP) is 1.76. The molecule has 0 aliphatic heterocycles. The molecule has 1 heterocycles. The van der Waals surface area contributed by atoms with Crippen LogP contribution in [0.2, 0.25) is 0 Å². The number of nitrogens with zero attached hydrogens (tertiary/aromatic N) is 1. The van der Waals surface area contributed by atoms with Crippen molar-refractivity contribution in [3.63, 3.8) is 0 Å². The van der Waals surface area contributed by atoms with Gasteiger partial charge in [0.15, 0.2) is 6.61 Å². The van der Waals surface area contributed by atoms with Crippen molar-refractivity contribution in [2.24, 2.45) is 0 Å². The Morgan fingerprint density at radius 1 is 1.13 bits per heavy atom. The van der Waals surface area contributed by atoms with Crippen LogP contribution in [-0.4, -0.2) is 37.2 Å². The van der Waals surface area contributed by atoms with E-state index in [0.717, 1.165) is 16.8 Å². The molecule has 0 radical (unpaired) electrons. The second-order valence-electron chi connectivity index (χ2n) is 4.84. The van der Waals surface area contributed by atoms with Crippen molar-refractivity contribution in [1.82, 2.24) is 15.6 Å². The maximum Gasteiger partial charge on any atom is 0.407 e. The molecular weight excluding hydrogens is 294 g/mol. The Bertz CT molecular complexity index is 642. The second-order valence-corrected chi connectivity index (χ2v) is 4.84. The van der Waals surface area contributed by atoms with Gasteiger partial charge in [-0.15, -0.1) is 0 Å². The van der Waals surface area contributed by atoms with Gasteiger partial charge in [-0.1, -0.05) is 36.4 Å². The molecule has 0 aliphatic rings. The van der Waals surface area contributed by atoms with Gasteiger partial charge in [0, 0.05) is 25.4 Å². The summed E-state index contributed by atoms with van der Waals surface area (Å²) in [6.45, 7) is 0.134. The Morgan fingerprint density at radius 2 is 1.91 bits per heavy atom. The normalized spacial score (nSPS) is 9.96. The molecule has 0 bridgehead atoms. The van der Waals surface area contributed by atoms with Crippen LogP contribution in [0.25, 0.3) is 11.3 Å². The minimum absolute atomic E-state index is 0.282. The monoisotopic (exact) mass is 313 g/mol. The second kappa shape index (κ2) is 8.53. The molecule has 1 aromatic heterocycles. The quantitative estimate of drug-likeness (QED) is 0.851. The summed E-state index contributed by atoms with van der Waals surface area (Å²) < 4.78 is 4.73. The summed E-state index contributed by atoms with van der Waals surface area (Å²) in [7, 11) is 1.48. The van der Waals surface area contributed by atoms with Gasteiger partial charge in [-0.2, -0.15) is 0 Å². The van der Waals surface area contributed by atoms with Crippen molar-refractivity contribution in [3.8, 4) is 11.3 Å². The number of ether oxygens (including phenoxy) is 1. The zero-order valence-electron chi connectivity index (χ0n) is 12.9. The zero-order chi connectivity index (χ0) is 16.5. The van der Waals surface area contributed by atoms with Crippen molar-refractivity contribution in [3.05, 3.63) is 54.2 Å². The molecule has 120 valence electrons. The van der Waals surface area contributed by atoms with Crippen LogP contribution in [0.3, 0.4) is 0 Å². The molecule has 2 amide bonds. The van der Waals surface area contributed by atoms with Gasteiger partial charge in [0.2, 0.25) is 0 Å². The van der Waals surface area contributed by atoms with Gasteiger partial charge < -0.3 is 15.4 Å². The molecule has 2 N–H and O–H groups in total. The molecule has 2 rings (SSSR count). The van der Waals surface area contributed by atoms with Crippen molar-refractivity contribution in [1.29, 1.82) is 0 Å². The number of hydrogen-bond acceptors (Lipinski definition) is 4. The molecule has 6 nitrogen and oxygen atoms in total. The van der Waals surface area contributed by atoms with Crippen LogP contribution >= 0.6 is 0 Å².